The van der Waals surface area contributed by atoms with E-state index in [1.807, 2.05) is 29.2 Å². The molecule has 0 heterocycles. The zero-order valence-corrected chi connectivity index (χ0v) is 14.8. The van der Waals surface area contributed by atoms with Gasteiger partial charge < -0.3 is 9.64 Å². The third-order valence-corrected chi connectivity index (χ3v) is 4.91. The van der Waals surface area contributed by atoms with Gasteiger partial charge in [-0.05, 0) is 67.6 Å². The summed E-state index contributed by atoms with van der Waals surface area (Å²) >= 11 is 5.94. The van der Waals surface area contributed by atoms with Gasteiger partial charge in [0.15, 0.2) is 0 Å². The van der Waals surface area contributed by atoms with Crippen LogP contribution in [0.25, 0.3) is 0 Å². The molecule has 1 unspecified atom stereocenters. The molecular formula is C20H22ClNO2. The van der Waals surface area contributed by atoms with E-state index in [9.17, 15) is 4.79 Å². The summed E-state index contributed by atoms with van der Waals surface area (Å²) in [6.45, 7) is 2.75. The minimum absolute atomic E-state index is 0.0573. The zero-order valence-electron chi connectivity index (χ0n) is 14.0. The highest BCUT2D eigenvalue weighted by atomic mass is 35.5. The lowest BCUT2D eigenvalue weighted by Crippen LogP contribution is -2.39. The number of methoxy groups -OCH3 is 1. The molecule has 1 aliphatic carbocycles. The Kier molecular flexibility index (Phi) is 5.10. The van der Waals surface area contributed by atoms with E-state index in [1.54, 1.807) is 31.4 Å². The average molecular weight is 344 g/mol. The average Bonchev–Trinajstić information content (AvgIpc) is 3.45. The molecule has 4 heteroatoms. The van der Waals surface area contributed by atoms with Gasteiger partial charge >= 0.3 is 0 Å². The van der Waals surface area contributed by atoms with Gasteiger partial charge in [0.1, 0.15) is 5.75 Å². The fraction of sp³-hybridized carbons (Fsp3) is 0.350. The van der Waals surface area contributed by atoms with E-state index in [1.165, 1.54) is 12.8 Å². The molecule has 0 aromatic heterocycles. The van der Waals surface area contributed by atoms with Crippen molar-refractivity contribution in [2.24, 2.45) is 5.92 Å². The number of rotatable bonds is 6. The Morgan fingerprint density at radius 2 is 1.79 bits per heavy atom. The van der Waals surface area contributed by atoms with Crippen LogP contribution < -0.4 is 4.74 Å². The minimum Gasteiger partial charge on any atom is -0.497 e. The summed E-state index contributed by atoms with van der Waals surface area (Å²) in [5, 5.41) is 0.642. The summed E-state index contributed by atoms with van der Waals surface area (Å²) in [6.07, 6.45) is 2.41. The highest BCUT2D eigenvalue weighted by Crippen LogP contribution is 2.36. The van der Waals surface area contributed by atoms with Gasteiger partial charge in [0.2, 0.25) is 0 Å². The number of halogens is 1. The molecule has 3 nitrogen and oxygen atoms in total. The first-order valence-corrected chi connectivity index (χ1v) is 8.65. The Bertz CT molecular complexity index is 693. The van der Waals surface area contributed by atoms with Gasteiger partial charge in [0.25, 0.3) is 5.91 Å². The summed E-state index contributed by atoms with van der Waals surface area (Å²) in [5.41, 5.74) is 1.78. The van der Waals surface area contributed by atoms with Crippen LogP contribution in [-0.4, -0.2) is 24.0 Å². The summed E-state index contributed by atoms with van der Waals surface area (Å²) in [5.74, 6) is 1.49. The molecule has 1 aliphatic rings. The summed E-state index contributed by atoms with van der Waals surface area (Å²) in [4.78, 5) is 15.0. The highest BCUT2D eigenvalue weighted by Gasteiger charge is 2.34. The first-order chi connectivity index (χ1) is 11.6. The van der Waals surface area contributed by atoms with E-state index in [0.29, 0.717) is 23.0 Å². The molecule has 2 aromatic rings. The number of hydrogen-bond acceptors (Lipinski definition) is 2. The lowest BCUT2D eigenvalue weighted by Gasteiger charge is -2.30. The van der Waals surface area contributed by atoms with Gasteiger partial charge in [0.05, 0.1) is 7.11 Å². The molecule has 0 radical (unpaired) electrons. The number of ether oxygens (including phenoxy) is 1. The second-order valence-corrected chi connectivity index (χ2v) is 6.80. The van der Waals surface area contributed by atoms with Crippen molar-refractivity contribution in [1.29, 1.82) is 0 Å². The monoisotopic (exact) mass is 343 g/mol. The minimum atomic E-state index is 0.0573. The summed E-state index contributed by atoms with van der Waals surface area (Å²) in [6, 6.07) is 15.3. The van der Waals surface area contributed by atoms with Gasteiger partial charge in [0, 0.05) is 23.2 Å². The van der Waals surface area contributed by atoms with E-state index in [-0.39, 0.29) is 11.9 Å². The highest BCUT2D eigenvalue weighted by molar-refractivity contribution is 6.30. The Labute approximate surface area is 148 Å². The molecule has 24 heavy (non-hydrogen) atoms. The van der Waals surface area contributed by atoms with Crippen molar-refractivity contribution in [2.45, 2.75) is 32.4 Å². The molecule has 0 N–H and O–H groups in total. The van der Waals surface area contributed by atoms with Gasteiger partial charge in [-0.25, -0.2) is 0 Å². The van der Waals surface area contributed by atoms with Gasteiger partial charge in [-0.15, -0.1) is 0 Å². The topological polar surface area (TPSA) is 29.5 Å². The molecule has 1 atom stereocenters. The van der Waals surface area contributed by atoms with Gasteiger partial charge in [-0.2, -0.15) is 0 Å². The molecule has 0 aliphatic heterocycles. The maximum Gasteiger partial charge on any atom is 0.254 e. The van der Waals surface area contributed by atoms with Crippen molar-refractivity contribution in [3.8, 4) is 5.75 Å². The normalized spacial score (nSPS) is 15.0. The molecule has 0 spiro atoms. The van der Waals surface area contributed by atoms with Crippen LogP contribution in [0, 0.1) is 5.92 Å². The number of benzene rings is 2. The van der Waals surface area contributed by atoms with Crippen LogP contribution >= 0.6 is 11.6 Å². The van der Waals surface area contributed by atoms with Crippen molar-refractivity contribution in [3.63, 3.8) is 0 Å². The third-order valence-electron chi connectivity index (χ3n) is 4.66. The fourth-order valence-corrected chi connectivity index (χ4v) is 3.05. The van der Waals surface area contributed by atoms with Crippen LogP contribution in [0.1, 0.15) is 35.7 Å². The van der Waals surface area contributed by atoms with Crippen LogP contribution in [0.15, 0.2) is 48.5 Å². The predicted octanol–water partition coefficient (Wildman–Crippen LogP) is 4.79. The van der Waals surface area contributed by atoms with Crippen LogP contribution in [0.5, 0.6) is 5.75 Å². The molecular weight excluding hydrogens is 322 g/mol. The van der Waals surface area contributed by atoms with Crippen molar-refractivity contribution in [3.05, 3.63) is 64.7 Å². The van der Waals surface area contributed by atoms with Crippen molar-refractivity contribution in [1.82, 2.24) is 4.90 Å². The summed E-state index contributed by atoms with van der Waals surface area (Å²) in [7, 11) is 1.65. The van der Waals surface area contributed by atoms with Gasteiger partial charge in [-0.3, -0.25) is 4.79 Å². The molecule has 1 amide bonds. The third kappa shape index (κ3) is 3.90. The SMILES string of the molecule is COc1ccc(CN(C(=O)c2ccc(Cl)cc2)C(C)C2CC2)cc1. The molecule has 0 bridgehead atoms. The largest absolute Gasteiger partial charge is 0.497 e. The molecule has 126 valence electrons. The van der Waals surface area contributed by atoms with E-state index in [2.05, 4.69) is 6.92 Å². The first kappa shape index (κ1) is 16.8. The molecule has 3 rings (SSSR count). The summed E-state index contributed by atoms with van der Waals surface area (Å²) < 4.78 is 5.20. The number of nitrogens with zero attached hydrogens (tertiary/aromatic N) is 1. The second kappa shape index (κ2) is 7.27. The first-order valence-electron chi connectivity index (χ1n) is 8.28. The maximum atomic E-state index is 13.0. The lowest BCUT2D eigenvalue weighted by molar-refractivity contribution is 0.0654. The Balaban J connectivity index is 1.82. The van der Waals surface area contributed by atoms with Crippen LogP contribution in [-0.2, 0) is 6.54 Å². The second-order valence-electron chi connectivity index (χ2n) is 6.37. The molecule has 2 aromatic carbocycles. The zero-order chi connectivity index (χ0) is 17.1. The number of amides is 1. The van der Waals surface area contributed by atoms with Crippen LogP contribution in [0.2, 0.25) is 5.02 Å². The van der Waals surface area contributed by atoms with E-state index < -0.39 is 0 Å². The quantitative estimate of drug-likeness (QED) is 0.754. The molecule has 1 fully saturated rings. The number of hydrogen-bond donors (Lipinski definition) is 0. The maximum absolute atomic E-state index is 13.0. The van der Waals surface area contributed by atoms with Crippen molar-refractivity contribution >= 4 is 17.5 Å². The Morgan fingerprint density at radius 3 is 2.33 bits per heavy atom. The standard InChI is InChI=1S/C20H22ClNO2/c1-14(16-5-6-16)22(13-15-3-11-19(24-2)12-4-15)20(23)17-7-9-18(21)10-8-17/h3-4,7-12,14,16H,5-6,13H2,1-2H3. The van der Waals surface area contributed by atoms with Crippen LogP contribution in [0.4, 0.5) is 0 Å². The van der Waals surface area contributed by atoms with Crippen molar-refractivity contribution < 1.29 is 9.53 Å². The van der Waals surface area contributed by atoms with E-state index in [4.69, 9.17) is 16.3 Å². The van der Waals surface area contributed by atoms with E-state index >= 15 is 0 Å². The molecule has 0 saturated heterocycles. The van der Waals surface area contributed by atoms with Crippen LogP contribution in [0.3, 0.4) is 0 Å². The molecule has 1 saturated carbocycles. The number of carbonyl (C=O) groups excluding carboxylic acids is 1. The Morgan fingerprint density at radius 1 is 1.17 bits per heavy atom. The smallest absolute Gasteiger partial charge is 0.254 e. The van der Waals surface area contributed by atoms with E-state index in [0.717, 1.165) is 11.3 Å². The predicted molar refractivity (Wildman–Crippen MR) is 96.5 cm³/mol. The Hall–Kier alpha value is -2.00. The van der Waals surface area contributed by atoms with Crippen molar-refractivity contribution in [2.75, 3.05) is 7.11 Å². The van der Waals surface area contributed by atoms with Gasteiger partial charge in [-0.1, -0.05) is 23.7 Å². The lowest BCUT2D eigenvalue weighted by atomic mass is 10.1. The number of carbonyl (C=O) groups is 1. The fourth-order valence-electron chi connectivity index (χ4n) is 2.92.